The van der Waals surface area contributed by atoms with Gasteiger partial charge in [-0.1, -0.05) is 0 Å². The van der Waals surface area contributed by atoms with E-state index in [4.69, 9.17) is 5.11 Å². The van der Waals surface area contributed by atoms with Crippen molar-refractivity contribution >= 4 is 42.4 Å². The quantitative estimate of drug-likeness (QED) is 0.603. The second-order valence-corrected chi connectivity index (χ2v) is 5.14. The van der Waals surface area contributed by atoms with Gasteiger partial charge in [-0.05, 0) is 0 Å². The second-order valence-electron chi connectivity index (χ2n) is 2.43. The molecule has 0 saturated carbocycles. The molecule has 60 valence electrons. The molecule has 3 heteroatoms. The Morgan fingerprint density at radius 2 is 2.00 bits per heavy atom. The Morgan fingerprint density at radius 3 is 2.55 bits per heavy atom. The van der Waals surface area contributed by atoms with E-state index in [1.807, 2.05) is 0 Å². The molecule has 0 fully saturated rings. The van der Waals surface area contributed by atoms with Crippen molar-refractivity contribution in [3.8, 4) is 0 Å². The van der Waals surface area contributed by atoms with Crippen molar-refractivity contribution in [3.05, 3.63) is 23.8 Å². The van der Waals surface area contributed by atoms with Gasteiger partial charge in [-0.3, -0.25) is 0 Å². The first kappa shape index (κ1) is 9.39. The Morgan fingerprint density at radius 1 is 1.27 bits per heavy atom. The van der Waals surface area contributed by atoms with E-state index >= 15 is 0 Å². The van der Waals surface area contributed by atoms with Crippen LogP contribution < -0.4 is 8.70 Å². The number of aliphatic hydroxyl groups is 1. The van der Waals surface area contributed by atoms with Gasteiger partial charge in [-0.15, -0.1) is 0 Å². The Kier molecular flexibility index (Phi) is 3.71. The van der Waals surface area contributed by atoms with Gasteiger partial charge in [0, 0.05) is 0 Å². The molecule has 0 spiro atoms. The molecule has 1 N–H and O–H groups in total. The van der Waals surface area contributed by atoms with Crippen LogP contribution >= 0.6 is 0 Å². The molecule has 1 aromatic rings. The van der Waals surface area contributed by atoms with E-state index in [1.165, 1.54) is 14.3 Å². The summed E-state index contributed by atoms with van der Waals surface area (Å²) < 4.78 is 2.71. The maximum absolute atomic E-state index is 8.72. The van der Waals surface area contributed by atoms with Gasteiger partial charge in [0.15, 0.2) is 0 Å². The van der Waals surface area contributed by atoms with Gasteiger partial charge in [0.05, 0.1) is 0 Å². The van der Waals surface area contributed by atoms with E-state index in [9.17, 15) is 0 Å². The second kappa shape index (κ2) is 4.35. The van der Waals surface area contributed by atoms with Crippen molar-refractivity contribution in [2.45, 2.75) is 6.42 Å². The summed E-state index contributed by atoms with van der Waals surface area (Å²) in [5.41, 5.74) is 1.29. The zero-order valence-corrected chi connectivity index (χ0v) is 11.1. The molecule has 0 radical (unpaired) electrons. The van der Waals surface area contributed by atoms with Crippen LogP contribution in [0.5, 0.6) is 0 Å². The molecule has 2 unspecified atom stereocenters. The van der Waals surface area contributed by atoms with Crippen LogP contribution in [0.15, 0.2) is 18.2 Å². The van der Waals surface area contributed by atoms with Gasteiger partial charge in [-0.2, -0.15) is 0 Å². The molecule has 0 aliphatic heterocycles. The third-order valence-corrected chi connectivity index (χ3v) is 3.43. The fourth-order valence-corrected chi connectivity index (χ4v) is 3.30. The first-order valence-electron chi connectivity index (χ1n) is 3.49. The molecule has 0 amide bonds. The molecule has 11 heavy (non-hydrogen) atoms. The normalized spacial score (nSPS) is 10.1. The van der Waals surface area contributed by atoms with Crippen LogP contribution in [-0.2, 0) is 6.42 Å². The molecule has 0 bridgehead atoms. The van der Waals surface area contributed by atoms with E-state index < -0.39 is 0 Å². The summed E-state index contributed by atoms with van der Waals surface area (Å²) >= 11 is 3.29. The fourth-order valence-electron chi connectivity index (χ4n) is 0.962. The molecule has 1 aromatic carbocycles. The number of rotatable bonds is 2. The Hall–Kier alpha value is 0.297. The number of hydrogen-bond donors (Lipinski definition) is 1. The molecular weight excluding hydrogens is 262 g/mol. The van der Waals surface area contributed by atoms with Crippen LogP contribution in [0, 0.1) is 0 Å². The molecule has 0 heterocycles. The monoisotopic (exact) mass is 274 g/mol. The van der Waals surface area contributed by atoms with Crippen molar-refractivity contribution in [3.63, 3.8) is 0 Å². The summed E-state index contributed by atoms with van der Waals surface area (Å²) in [6, 6.07) is 6.43. The molecule has 0 aliphatic rings. The molecule has 0 aromatic heterocycles. The Balaban J connectivity index is 2.90. The zero-order valence-electron chi connectivity index (χ0n) is 6.25. The van der Waals surface area contributed by atoms with Gasteiger partial charge in [0.1, 0.15) is 0 Å². The van der Waals surface area contributed by atoms with Gasteiger partial charge in [-0.25, -0.2) is 0 Å². The fraction of sp³-hybridized carbons (Fsp3) is 0.250. The first-order chi connectivity index (χ1) is 5.24. The first-order valence-corrected chi connectivity index (χ1v) is 5.91. The summed E-state index contributed by atoms with van der Waals surface area (Å²) in [6.07, 6.45) is 0.793. The Bertz CT molecular complexity index is 248. The minimum absolute atomic E-state index is 0.255. The van der Waals surface area contributed by atoms with Crippen LogP contribution in [0.2, 0.25) is 0 Å². The van der Waals surface area contributed by atoms with E-state index in [-0.39, 0.29) is 6.61 Å². The van der Waals surface area contributed by atoms with Crippen LogP contribution in [0.4, 0.5) is 0 Å². The average molecular weight is 274 g/mol. The molecule has 0 aliphatic carbocycles. The standard InChI is InChI=1S/C8H12As2O/c9-7-2-1-6(3-4-11)8(10)5-7/h1-2,5,11H,3-4,9-10H2. The van der Waals surface area contributed by atoms with Crippen LogP contribution in [0.3, 0.4) is 0 Å². The molecular formula is C8H12As2O. The Labute approximate surface area is 84.2 Å². The van der Waals surface area contributed by atoms with Crippen molar-refractivity contribution in [1.29, 1.82) is 0 Å². The predicted octanol–water partition coefficient (Wildman–Crippen LogP) is -2.26. The van der Waals surface area contributed by atoms with Crippen LogP contribution in [0.1, 0.15) is 5.56 Å². The maximum atomic E-state index is 8.72. The van der Waals surface area contributed by atoms with Gasteiger partial charge < -0.3 is 0 Å². The number of aliphatic hydroxyl groups excluding tert-OH is 1. The number of hydrogen-bond acceptors (Lipinski definition) is 1. The van der Waals surface area contributed by atoms with E-state index in [0.29, 0.717) is 0 Å². The van der Waals surface area contributed by atoms with Crippen molar-refractivity contribution in [2.24, 2.45) is 0 Å². The van der Waals surface area contributed by atoms with Crippen molar-refractivity contribution in [2.75, 3.05) is 6.61 Å². The van der Waals surface area contributed by atoms with Crippen LogP contribution in [0.25, 0.3) is 0 Å². The predicted molar refractivity (Wildman–Crippen MR) is 53.6 cm³/mol. The summed E-state index contributed by atoms with van der Waals surface area (Å²) in [4.78, 5) is 0. The van der Waals surface area contributed by atoms with Crippen molar-refractivity contribution < 1.29 is 5.11 Å². The van der Waals surface area contributed by atoms with Crippen molar-refractivity contribution in [1.82, 2.24) is 0 Å². The molecule has 1 nitrogen and oxygen atoms in total. The minimum atomic E-state index is 0.255. The topological polar surface area (TPSA) is 20.2 Å². The molecule has 1 rings (SSSR count). The van der Waals surface area contributed by atoms with Gasteiger partial charge in [0.2, 0.25) is 0 Å². The number of benzene rings is 1. The van der Waals surface area contributed by atoms with Gasteiger partial charge in [0.25, 0.3) is 0 Å². The third-order valence-electron chi connectivity index (χ3n) is 1.55. The van der Waals surface area contributed by atoms with E-state index in [1.54, 1.807) is 33.7 Å². The molecule has 0 saturated heterocycles. The van der Waals surface area contributed by atoms with Crippen LogP contribution in [-0.4, -0.2) is 45.4 Å². The summed E-state index contributed by atoms with van der Waals surface area (Å²) in [5, 5.41) is 8.72. The summed E-state index contributed by atoms with van der Waals surface area (Å²) in [5.74, 6) is 0. The summed E-state index contributed by atoms with van der Waals surface area (Å²) in [6.45, 7) is 0.255. The zero-order chi connectivity index (χ0) is 8.27. The van der Waals surface area contributed by atoms with E-state index in [0.717, 1.165) is 6.42 Å². The molecule has 2 atom stereocenters. The average Bonchev–Trinajstić information content (AvgIpc) is 1.95. The van der Waals surface area contributed by atoms with Gasteiger partial charge >= 0.3 is 84.3 Å². The summed E-state index contributed by atoms with van der Waals surface area (Å²) in [7, 11) is 0. The van der Waals surface area contributed by atoms with E-state index in [2.05, 4.69) is 18.2 Å². The SMILES string of the molecule is OCCc1ccc([AsH2])cc1[AsH2]. The third kappa shape index (κ3) is 2.67.